The summed E-state index contributed by atoms with van der Waals surface area (Å²) >= 11 is 1.70. The quantitative estimate of drug-likeness (QED) is 0.605. The zero-order chi connectivity index (χ0) is 23.3. The van der Waals surface area contributed by atoms with Crippen LogP contribution < -0.4 is 24.8 Å². The normalized spacial score (nSPS) is 12.8. The minimum absolute atomic E-state index is 0.108. The van der Waals surface area contributed by atoms with Gasteiger partial charge in [0.2, 0.25) is 11.7 Å². The highest BCUT2D eigenvalue weighted by Crippen LogP contribution is 2.38. The van der Waals surface area contributed by atoms with Gasteiger partial charge in [0.1, 0.15) is 6.04 Å². The fourth-order valence-electron chi connectivity index (χ4n) is 3.43. The number of hydrogen-bond donors (Lipinski definition) is 2. The van der Waals surface area contributed by atoms with Crippen molar-refractivity contribution in [2.24, 2.45) is 5.92 Å². The first-order valence-corrected chi connectivity index (χ1v) is 10.9. The smallest absolute Gasteiger partial charge is 0.252 e. The molecule has 2 rings (SSSR count). The minimum atomic E-state index is -0.700. The fourth-order valence-corrected chi connectivity index (χ4v) is 4.46. The molecule has 0 spiro atoms. The van der Waals surface area contributed by atoms with Gasteiger partial charge in [-0.05, 0) is 50.5 Å². The summed E-state index contributed by atoms with van der Waals surface area (Å²) in [5, 5.41) is 5.88. The summed E-state index contributed by atoms with van der Waals surface area (Å²) in [7, 11) is 4.47. The molecule has 2 amide bonds. The highest BCUT2D eigenvalue weighted by molar-refractivity contribution is 7.12. The van der Waals surface area contributed by atoms with Crippen molar-refractivity contribution in [3.63, 3.8) is 0 Å². The summed E-state index contributed by atoms with van der Waals surface area (Å²) in [6.07, 6.45) is 0. The number of benzene rings is 1. The van der Waals surface area contributed by atoms with Crippen molar-refractivity contribution in [1.82, 2.24) is 10.6 Å². The molecule has 0 bridgehead atoms. The van der Waals surface area contributed by atoms with E-state index in [1.807, 2.05) is 34.6 Å². The third kappa shape index (κ3) is 5.70. The second kappa shape index (κ2) is 10.5. The molecule has 0 aliphatic carbocycles. The van der Waals surface area contributed by atoms with Crippen LogP contribution in [0.5, 0.6) is 17.2 Å². The summed E-state index contributed by atoms with van der Waals surface area (Å²) in [5.74, 6) is 0.400. The summed E-state index contributed by atoms with van der Waals surface area (Å²) in [4.78, 5) is 28.4. The number of ether oxygens (including phenoxy) is 3. The van der Waals surface area contributed by atoms with Gasteiger partial charge in [-0.25, -0.2) is 0 Å². The van der Waals surface area contributed by atoms with E-state index in [1.165, 1.54) is 31.1 Å². The average Bonchev–Trinajstić information content (AvgIpc) is 3.08. The van der Waals surface area contributed by atoms with Gasteiger partial charge in [-0.1, -0.05) is 13.8 Å². The molecule has 2 N–H and O–H groups in total. The van der Waals surface area contributed by atoms with Gasteiger partial charge in [0.15, 0.2) is 11.5 Å². The Morgan fingerprint density at radius 2 is 1.48 bits per heavy atom. The van der Waals surface area contributed by atoms with E-state index in [2.05, 4.69) is 16.7 Å². The summed E-state index contributed by atoms with van der Waals surface area (Å²) in [5.41, 5.74) is 1.40. The van der Waals surface area contributed by atoms with Crippen molar-refractivity contribution in [2.75, 3.05) is 21.3 Å². The molecule has 0 aliphatic heterocycles. The zero-order valence-corrected chi connectivity index (χ0v) is 20.2. The molecule has 1 heterocycles. The van der Waals surface area contributed by atoms with Crippen LogP contribution in [0, 0.1) is 19.8 Å². The standard InChI is InChI=1S/C23H32N2O5S/c1-12(2)20(23(27)24-14(4)17-9-13(3)31-15(17)5)25-22(26)16-10-18(28-6)21(30-8)19(11-16)29-7/h9-12,14,20H,1-8H3,(H,24,27)(H,25,26)/t14-,20+/m1/s1. The van der Waals surface area contributed by atoms with Gasteiger partial charge in [0.05, 0.1) is 27.4 Å². The number of carbonyl (C=O) groups excluding carboxylic acids is 2. The molecule has 0 fully saturated rings. The second-order valence-electron chi connectivity index (χ2n) is 7.71. The van der Waals surface area contributed by atoms with Crippen LogP contribution in [0.15, 0.2) is 18.2 Å². The molecule has 0 aliphatic rings. The number of nitrogens with one attached hydrogen (secondary N) is 2. The van der Waals surface area contributed by atoms with E-state index in [0.29, 0.717) is 22.8 Å². The van der Waals surface area contributed by atoms with Crippen LogP contribution in [-0.4, -0.2) is 39.2 Å². The van der Waals surface area contributed by atoms with Crippen LogP contribution in [0.25, 0.3) is 0 Å². The Balaban J connectivity index is 2.22. The Kier molecular flexibility index (Phi) is 8.33. The van der Waals surface area contributed by atoms with Crippen LogP contribution in [0.4, 0.5) is 0 Å². The first kappa shape index (κ1) is 24.5. The summed E-state index contributed by atoms with van der Waals surface area (Å²) < 4.78 is 15.9. The van der Waals surface area contributed by atoms with Gasteiger partial charge in [-0.15, -0.1) is 11.3 Å². The van der Waals surface area contributed by atoms with Gasteiger partial charge in [0, 0.05) is 15.3 Å². The predicted octanol–water partition coefficient (Wildman–Crippen LogP) is 4.02. The monoisotopic (exact) mass is 448 g/mol. The number of thiophene rings is 1. The maximum Gasteiger partial charge on any atom is 0.252 e. The van der Waals surface area contributed by atoms with Crippen molar-refractivity contribution in [1.29, 1.82) is 0 Å². The maximum atomic E-state index is 13.0. The molecule has 0 saturated heterocycles. The lowest BCUT2D eigenvalue weighted by Gasteiger charge is -2.24. The lowest BCUT2D eigenvalue weighted by Crippen LogP contribution is -2.50. The molecule has 7 nitrogen and oxygen atoms in total. The lowest BCUT2D eigenvalue weighted by molar-refractivity contribution is -0.124. The molecule has 8 heteroatoms. The number of rotatable bonds is 9. The van der Waals surface area contributed by atoms with Crippen molar-refractivity contribution < 1.29 is 23.8 Å². The van der Waals surface area contributed by atoms with Gasteiger partial charge < -0.3 is 24.8 Å². The fraction of sp³-hybridized carbons (Fsp3) is 0.478. The lowest BCUT2D eigenvalue weighted by atomic mass is 10.0. The Bertz CT molecular complexity index is 913. The average molecular weight is 449 g/mol. The van der Waals surface area contributed by atoms with E-state index in [-0.39, 0.29) is 17.9 Å². The van der Waals surface area contributed by atoms with Crippen molar-refractivity contribution in [3.8, 4) is 17.2 Å². The molecular formula is C23H32N2O5S. The third-order valence-electron chi connectivity index (χ3n) is 5.07. The molecule has 31 heavy (non-hydrogen) atoms. The highest BCUT2D eigenvalue weighted by Gasteiger charge is 2.27. The summed E-state index contributed by atoms with van der Waals surface area (Å²) in [6, 6.07) is 4.35. The molecule has 1 aromatic heterocycles. The topological polar surface area (TPSA) is 85.9 Å². The van der Waals surface area contributed by atoms with E-state index in [9.17, 15) is 9.59 Å². The largest absolute Gasteiger partial charge is 0.493 e. The first-order valence-electron chi connectivity index (χ1n) is 10.1. The van der Waals surface area contributed by atoms with E-state index >= 15 is 0 Å². The molecule has 0 radical (unpaired) electrons. The molecule has 2 aromatic rings. The molecule has 2 atom stereocenters. The van der Waals surface area contributed by atoms with Crippen LogP contribution >= 0.6 is 11.3 Å². The van der Waals surface area contributed by atoms with Crippen LogP contribution in [0.1, 0.15) is 52.5 Å². The highest BCUT2D eigenvalue weighted by atomic mass is 32.1. The van der Waals surface area contributed by atoms with Crippen molar-refractivity contribution in [3.05, 3.63) is 39.1 Å². The number of methoxy groups -OCH3 is 3. The zero-order valence-electron chi connectivity index (χ0n) is 19.4. The number of aryl methyl sites for hydroxylation is 2. The number of amides is 2. The van der Waals surface area contributed by atoms with Crippen LogP contribution in [0.2, 0.25) is 0 Å². The molecule has 170 valence electrons. The third-order valence-corrected chi connectivity index (χ3v) is 6.05. The van der Waals surface area contributed by atoms with Gasteiger partial charge >= 0.3 is 0 Å². The SMILES string of the molecule is COc1cc(C(=O)N[C@H](C(=O)N[C@H](C)c2cc(C)sc2C)C(C)C)cc(OC)c1OC. The number of carbonyl (C=O) groups is 2. The van der Waals surface area contributed by atoms with E-state index < -0.39 is 11.9 Å². The predicted molar refractivity (Wildman–Crippen MR) is 123 cm³/mol. The molecular weight excluding hydrogens is 416 g/mol. The van der Waals surface area contributed by atoms with E-state index in [1.54, 1.807) is 23.5 Å². The van der Waals surface area contributed by atoms with Crippen LogP contribution in [0.3, 0.4) is 0 Å². The number of hydrogen-bond acceptors (Lipinski definition) is 6. The maximum absolute atomic E-state index is 13.0. The Morgan fingerprint density at radius 1 is 0.903 bits per heavy atom. The van der Waals surface area contributed by atoms with Gasteiger partial charge in [-0.2, -0.15) is 0 Å². The summed E-state index contributed by atoms with van der Waals surface area (Å²) in [6.45, 7) is 9.83. The van der Waals surface area contributed by atoms with Crippen LogP contribution in [-0.2, 0) is 4.79 Å². The molecule has 1 aromatic carbocycles. The van der Waals surface area contributed by atoms with Gasteiger partial charge in [-0.3, -0.25) is 9.59 Å². The Morgan fingerprint density at radius 3 is 1.90 bits per heavy atom. The van der Waals surface area contributed by atoms with E-state index in [4.69, 9.17) is 14.2 Å². The van der Waals surface area contributed by atoms with Crippen molar-refractivity contribution >= 4 is 23.2 Å². The molecule has 0 saturated carbocycles. The Labute approximate surface area is 188 Å². The van der Waals surface area contributed by atoms with Crippen molar-refractivity contribution in [2.45, 2.75) is 46.7 Å². The van der Waals surface area contributed by atoms with E-state index in [0.717, 1.165) is 5.56 Å². The van der Waals surface area contributed by atoms with Gasteiger partial charge in [0.25, 0.3) is 5.91 Å². The first-order chi connectivity index (χ1) is 14.6. The Hall–Kier alpha value is -2.74. The molecule has 0 unspecified atom stereocenters. The minimum Gasteiger partial charge on any atom is -0.493 e. The second-order valence-corrected chi connectivity index (χ2v) is 9.17.